The molecule has 104 valence electrons. The van der Waals surface area contributed by atoms with Crippen LogP contribution in [0.2, 0.25) is 0 Å². The van der Waals surface area contributed by atoms with E-state index in [9.17, 15) is 8.42 Å². The maximum Gasteiger partial charge on any atom is 0.244 e. The van der Waals surface area contributed by atoms with Gasteiger partial charge in [-0.3, -0.25) is 0 Å². The topological polar surface area (TPSA) is 37.4 Å². The summed E-state index contributed by atoms with van der Waals surface area (Å²) in [6, 6.07) is 5.42. The van der Waals surface area contributed by atoms with E-state index < -0.39 is 10.0 Å². The lowest BCUT2D eigenvalue weighted by Crippen LogP contribution is -2.37. The summed E-state index contributed by atoms with van der Waals surface area (Å²) in [7, 11) is -3.38. The van der Waals surface area contributed by atoms with Gasteiger partial charge in [-0.25, -0.2) is 8.42 Å². The van der Waals surface area contributed by atoms with Crippen molar-refractivity contribution in [3.05, 3.63) is 28.2 Å². The molecule has 2 fully saturated rings. The molecule has 0 radical (unpaired) electrons. The van der Waals surface area contributed by atoms with Gasteiger partial charge in [0.05, 0.1) is 4.90 Å². The van der Waals surface area contributed by atoms with E-state index in [1.165, 1.54) is 6.42 Å². The van der Waals surface area contributed by atoms with E-state index in [1.807, 2.05) is 0 Å². The Balaban J connectivity index is 1.96. The van der Waals surface area contributed by atoms with E-state index >= 15 is 0 Å². The van der Waals surface area contributed by atoms with Gasteiger partial charge in [0.2, 0.25) is 10.0 Å². The summed E-state index contributed by atoms with van der Waals surface area (Å²) in [5.74, 6) is 0.938. The SMILES string of the molecule is O=S(=O)(c1ccc(CCl)cc1Br)N1CC2CCC1C2. The average Bonchev–Trinajstić information content (AvgIpc) is 3.00. The fourth-order valence-electron chi connectivity index (χ4n) is 3.14. The summed E-state index contributed by atoms with van der Waals surface area (Å²) < 4.78 is 27.7. The predicted octanol–water partition coefficient (Wildman–Crippen LogP) is 3.36. The van der Waals surface area contributed by atoms with Crippen LogP contribution in [-0.4, -0.2) is 25.3 Å². The van der Waals surface area contributed by atoms with Crippen LogP contribution < -0.4 is 0 Å². The lowest BCUT2D eigenvalue weighted by molar-refractivity contribution is 0.333. The van der Waals surface area contributed by atoms with Crippen LogP contribution in [0, 0.1) is 5.92 Å². The molecule has 0 amide bonds. The highest BCUT2D eigenvalue weighted by atomic mass is 79.9. The highest BCUT2D eigenvalue weighted by Crippen LogP contribution is 2.41. The standard InChI is InChI=1S/C13H15BrClNO2S/c14-12-6-9(7-15)2-4-13(12)19(17,18)16-8-10-1-3-11(16)5-10/h2,4,6,10-11H,1,3,5,7-8H2. The van der Waals surface area contributed by atoms with Gasteiger partial charge in [-0.05, 0) is 58.8 Å². The number of halogens is 2. The Morgan fingerprint density at radius 1 is 1.37 bits per heavy atom. The first-order valence-corrected chi connectivity index (χ1v) is 9.15. The summed E-state index contributed by atoms with van der Waals surface area (Å²) in [6.07, 6.45) is 3.20. The third-order valence-electron chi connectivity index (χ3n) is 4.10. The normalized spacial score (nSPS) is 27.1. The minimum atomic E-state index is -3.38. The van der Waals surface area contributed by atoms with Gasteiger partial charge in [-0.15, -0.1) is 11.6 Å². The van der Waals surface area contributed by atoms with Gasteiger partial charge >= 0.3 is 0 Å². The minimum absolute atomic E-state index is 0.203. The van der Waals surface area contributed by atoms with Crippen LogP contribution in [0.1, 0.15) is 24.8 Å². The molecular formula is C13H15BrClNO2S. The highest BCUT2D eigenvalue weighted by Gasteiger charge is 2.44. The van der Waals surface area contributed by atoms with Crippen LogP contribution >= 0.6 is 27.5 Å². The largest absolute Gasteiger partial charge is 0.244 e. The Kier molecular flexibility index (Phi) is 3.67. The van der Waals surface area contributed by atoms with Gasteiger partial charge in [0.15, 0.2) is 0 Å². The second-order valence-electron chi connectivity index (χ2n) is 5.31. The molecule has 1 saturated heterocycles. The Hall–Kier alpha value is -0.100. The lowest BCUT2D eigenvalue weighted by atomic mass is 10.1. The molecule has 1 aliphatic heterocycles. The van der Waals surface area contributed by atoms with Gasteiger partial charge in [-0.1, -0.05) is 6.07 Å². The highest BCUT2D eigenvalue weighted by molar-refractivity contribution is 9.10. The number of benzene rings is 1. The first kappa shape index (κ1) is 13.9. The van der Waals surface area contributed by atoms with Crippen molar-refractivity contribution in [2.24, 2.45) is 5.92 Å². The zero-order valence-electron chi connectivity index (χ0n) is 10.4. The molecule has 3 nitrogen and oxygen atoms in total. The van der Waals surface area contributed by atoms with Gasteiger partial charge in [0.25, 0.3) is 0 Å². The van der Waals surface area contributed by atoms with Gasteiger partial charge in [0.1, 0.15) is 0 Å². The third kappa shape index (κ3) is 2.35. The maximum atomic E-state index is 12.7. The van der Waals surface area contributed by atoms with Crippen molar-refractivity contribution in [2.45, 2.75) is 36.1 Å². The first-order valence-electron chi connectivity index (χ1n) is 6.38. The van der Waals surface area contributed by atoms with Gasteiger partial charge in [-0.2, -0.15) is 4.31 Å². The molecule has 19 heavy (non-hydrogen) atoms. The van der Waals surface area contributed by atoms with Crippen LogP contribution in [0.3, 0.4) is 0 Å². The smallest absolute Gasteiger partial charge is 0.207 e. The Bertz CT molecular complexity index is 605. The number of alkyl halides is 1. The van der Waals surface area contributed by atoms with Crippen LogP contribution in [0.15, 0.2) is 27.6 Å². The molecule has 1 aromatic rings. The van der Waals surface area contributed by atoms with Crippen LogP contribution in [0.25, 0.3) is 0 Å². The Labute approximate surface area is 127 Å². The van der Waals surface area contributed by atoms with Crippen LogP contribution in [0.4, 0.5) is 0 Å². The van der Waals surface area contributed by atoms with Gasteiger partial charge < -0.3 is 0 Å². The van der Waals surface area contributed by atoms with Gasteiger partial charge in [0, 0.05) is 22.9 Å². The molecule has 2 bridgehead atoms. The van der Waals surface area contributed by atoms with Crippen molar-refractivity contribution in [2.75, 3.05) is 6.54 Å². The molecule has 1 aromatic carbocycles. The van der Waals surface area contributed by atoms with Crippen molar-refractivity contribution in [1.82, 2.24) is 4.31 Å². The van der Waals surface area contributed by atoms with E-state index in [2.05, 4.69) is 15.9 Å². The summed E-state index contributed by atoms with van der Waals surface area (Å²) in [5.41, 5.74) is 0.912. The fourth-order valence-corrected chi connectivity index (χ4v) is 6.13. The number of hydrogen-bond acceptors (Lipinski definition) is 2. The van der Waals surface area contributed by atoms with E-state index in [4.69, 9.17) is 11.6 Å². The molecule has 0 N–H and O–H groups in total. The number of sulfonamides is 1. The maximum absolute atomic E-state index is 12.7. The Morgan fingerprint density at radius 2 is 2.16 bits per heavy atom. The molecule has 2 atom stereocenters. The molecular weight excluding hydrogens is 350 g/mol. The van der Waals surface area contributed by atoms with Crippen molar-refractivity contribution >= 4 is 37.6 Å². The van der Waals surface area contributed by atoms with Crippen molar-refractivity contribution in [3.63, 3.8) is 0 Å². The number of hydrogen-bond donors (Lipinski definition) is 0. The minimum Gasteiger partial charge on any atom is -0.207 e. The van der Waals surface area contributed by atoms with E-state index in [0.717, 1.165) is 18.4 Å². The first-order chi connectivity index (χ1) is 9.02. The van der Waals surface area contributed by atoms with E-state index in [-0.39, 0.29) is 6.04 Å². The molecule has 1 saturated carbocycles. The molecule has 2 unspecified atom stereocenters. The fraction of sp³-hybridized carbons (Fsp3) is 0.538. The summed E-state index contributed by atoms with van der Waals surface area (Å²) in [5, 5.41) is 0. The molecule has 1 aliphatic carbocycles. The summed E-state index contributed by atoms with van der Waals surface area (Å²) in [4.78, 5) is 0.355. The average molecular weight is 365 g/mol. The van der Waals surface area contributed by atoms with Crippen molar-refractivity contribution in [1.29, 1.82) is 0 Å². The number of fused-ring (bicyclic) bond motifs is 2. The summed E-state index contributed by atoms with van der Waals surface area (Å²) in [6.45, 7) is 0.677. The van der Waals surface area contributed by atoms with E-state index in [1.54, 1.807) is 22.5 Å². The van der Waals surface area contributed by atoms with Crippen LogP contribution in [-0.2, 0) is 15.9 Å². The Morgan fingerprint density at radius 3 is 2.68 bits per heavy atom. The molecule has 2 aliphatic rings. The van der Waals surface area contributed by atoms with Crippen molar-refractivity contribution < 1.29 is 8.42 Å². The molecule has 1 heterocycles. The zero-order chi connectivity index (χ0) is 13.6. The van der Waals surface area contributed by atoms with E-state index in [0.29, 0.717) is 27.7 Å². The number of piperidine rings is 1. The molecule has 0 aromatic heterocycles. The molecule has 6 heteroatoms. The third-order valence-corrected chi connectivity index (χ3v) is 7.30. The van der Waals surface area contributed by atoms with Crippen LogP contribution in [0.5, 0.6) is 0 Å². The summed E-state index contributed by atoms with van der Waals surface area (Å²) >= 11 is 9.12. The zero-order valence-corrected chi connectivity index (χ0v) is 13.5. The lowest BCUT2D eigenvalue weighted by Gasteiger charge is -2.26. The second kappa shape index (κ2) is 5.02. The van der Waals surface area contributed by atoms with Crippen molar-refractivity contribution in [3.8, 4) is 0 Å². The molecule has 0 spiro atoms. The molecule has 3 rings (SSSR count). The quantitative estimate of drug-likeness (QED) is 0.771. The monoisotopic (exact) mass is 363 g/mol. The second-order valence-corrected chi connectivity index (χ2v) is 8.29. The number of nitrogens with zero attached hydrogens (tertiary/aromatic N) is 1. The predicted molar refractivity (Wildman–Crippen MR) is 78.7 cm³/mol. The number of rotatable bonds is 3.